The van der Waals surface area contributed by atoms with E-state index in [0.29, 0.717) is 23.9 Å². The van der Waals surface area contributed by atoms with Gasteiger partial charge in [-0.3, -0.25) is 9.48 Å². The summed E-state index contributed by atoms with van der Waals surface area (Å²) in [6.45, 7) is 2.04. The highest BCUT2D eigenvalue weighted by molar-refractivity contribution is 5.95. The molecule has 2 aromatic heterocycles. The molecule has 0 spiro atoms. The highest BCUT2D eigenvalue weighted by Crippen LogP contribution is 2.28. The molecule has 0 bridgehead atoms. The maximum Gasteiger partial charge on any atom is 0.255 e. The van der Waals surface area contributed by atoms with Gasteiger partial charge >= 0.3 is 0 Å². The summed E-state index contributed by atoms with van der Waals surface area (Å²) < 4.78 is 7.17. The van der Waals surface area contributed by atoms with Crippen molar-refractivity contribution in [3.8, 4) is 6.07 Å². The number of carbonyl (C=O) groups excluding carboxylic acids is 1. The first-order valence-electron chi connectivity index (χ1n) is 7.50. The minimum atomic E-state index is -0.252. The van der Waals surface area contributed by atoms with Crippen LogP contribution < -0.4 is 5.32 Å². The van der Waals surface area contributed by atoms with Crippen LogP contribution in [0.15, 0.2) is 22.7 Å². The summed E-state index contributed by atoms with van der Waals surface area (Å²) in [5.41, 5.74) is 1.23. The first-order valence-corrected chi connectivity index (χ1v) is 7.50. The standard InChI is InChI=1S/C16H18N4O2/c1-11-15(8-14(9-17)22-11)16(21)18-10-12-6-7-20(19-12)13-4-2-3-5-13/h6-8,13H,2-5,10H2,1H3,(H,18,21). The molecule has 1 aliphatic carbocycles. The van der Waals surface area contributed by atoms with Crippen LogP contribution in [0.4, 0.5) is 0 Å². The highest BCUT2D eigenvalue weighted by atomic mass is 16.3. The maximum atomic E-state index is 12.1. The number of nitriles is 1. The van der Waals surface area contributed by atoms with E-state index < -0.39 is 0 Å². The predicted octanol–water partition coefficient (Wildman–Crippen LogP) is 2.70. The predicted molar refractivity (Wildman–Crippen MR) is 79.1 cm³/mol. The number of hydrogen-bond donors (Lipinski definition) is 1. The van der Waals surface area contributed by atoms with E-state index in [9.17, 15) is 4.79 Å². The average molecular weight is 298 g/mol. The lowest BCUT2D eigenvalue weighted by atomic mass is 10.2. The van der Waals surface area contributed by atoms with E-state index in [4.69, 9.17) is 9.68 Å². The molecule has 6 heteroatoms. The number of carbonyl (C=O) groups is 1. The average Bonchev–Trinajstić information content (AvgIpc) is 3.24. The fourth-order valence-electron chi connectivity index (χ4n) is 2.87. The number of aromatic nitrogens is 2. The van der Waals surface area contributed by atoms with E-state index in [2.05, 4.69) is 10.4 Å². The van der Waals surface area contributed by atoms with E-state index >= 15 is 0 Å². The van der Waals surface area contributed by atoms with Gasteiger partial charge < -0.3 is 9.73 Å². The van der Waals surface area contributed by atoms with Crippen LogP contribution in [0.1, 0.15) is 59.3 Å². The van der Waals surface area contributed by atoms with Gasteiger partial charge in [-0.2, -0.15) is 10.4 Å². The number of nitrogens with zero attached hydrogens (tertiary/aromatic N) is 3. The Morgan fingerprint density at radius 3 is 3.00 bits per heavy atom. The second-order valence-corrected chi connectivity index (χ2v) is 5.60. The first-order chi connectivity index (χ1) is 10.7. The highest BCUT2D eigenvalue weighted by Gasteiger charge is 2.18. The van der Waals surface area contributed by atoms with Gasteiger partial charge in [-0.1, -0.05) is 12.8 Å². The Kier molecular flexibility index (Phi) is 3.96. The second-order valence-electron chi connectivity index (χ2n) is 5.60. The second kappa shape index (κ2) is 6.06. The summed E-state index contributed by atoms with van der Waals surface area (Å²) >= 11 is 0. The molecule has 0 aromatic carbocycles. The quantitative estimate of drug-likeness (QED) is 0.940. The zero-order chi connectivity index (χ0) is 15.5. The van der Waals surface area contributed by atoms with Gasteiger partial charge in [-0.05, 0) is 25.8 Å². The van der Waals surface area contributed by atoms with Crippen molar-refractivity contribution in [2.24, 2.45) is 0 Å². The van der Waals surface area contributed by atoms with Gasteiger partial charge in [-0.25, -0.2) is 0 Å². The molecular formula is C16H18N4O2. The Morgan fingerprint density at radius 1 is 1.55 bits per heavy atom. The smallest absolute Gasteiger partial charge is 0.255 e. The molecule has 3 rings (SSSR count). The molecule has 1 N–H and O–H groups in total. The molecule has 1 fully saturated rings. The summed E-state index contributed by atoms with van der Waals surface area (Å²) in [6, 6.07) is 5.78. The molecule has 2 heterocycles. The maximum absolute atomic E-state index is 12.1. The van der Waals surface area contributed by atoms with Gasteiger partial charge in [0.05, 0.1) is 23.8 Å². The van der Waals surface area contributed by atoms with Crippen LogP contribution in [0.2, 0.25) is 0 Å². The van der Waals surface area contributed by atoms with Crippen LogP contribution in [-0.4, -0.2) is 15.7 Å². The fourth-order valence-corrected chi connectivity index (χ4v) is 2.87. The molecule has 114 valence electrons. The van der Waals surface area contributed by atoms with Crippen molar-refractivity contribution >= 4 is 5.91 Å². The zero-order valence-electron chi connectivity index (χ0n) is 12.5. The SMILES string of the molecule is Cc1oc(C#N)cc1C(=O)NCc1ccn(C2CCCC2)n1. The zero-order valence-corrected chi connectivity index (χ0v) is 12.5. The third-order valence-electron chi connectivity index (χ3n) is 4.07. The van der Waals surface area contributed by atoms with Crippen LogP contribution >= 0.6 is 0 Å². The molecule has 1 saturated carbocycles. The van der Waals surface area contributed by atoms with Crippen molar-refractivity contribution in [2.75, 3.05) is 0 Å². The lowest BCUT2D eigenvalue weighted by Crippen LogP contribution is -2.23. The van der Waals surface area contributed by atoms with Gasteiger partial charge in [0.15, 0.2) is 0 Å². The molecule has 6 nitrogen and oxygen atoms in total. The van der Waals surface area contributed by atoms with Crippen molar-refractivity contribution in [1.29, 1.82) is 5.26 Å². The molecule has 2 aromatic rings. The summed E-state index contributed by atoms with van der Waals surface area (Å²) in [7, 11) is 0. The molecule has 0 aliphatic heterocycles. The lowest BCUT2D eigenvalue weighted by molar-refractivity contribution is 0.0949. The largest absolute Gasteiger partial charge is 0.450 e. The van der Waals surface area contributed by atoms with Crippen molar-refractivity contribution in [3.63, 3.8) is 0 Å². The van der Waals surface area contributed by atoms with Crippen LogP contribution in [0.5, 0.6) is 0 Å². The van der Waals surface area contributed by atoms with Crippen LogP contribution in [0, 0.1) is 18.3 Å². The Bertz CT molecular complexity index is 717. The molecule has 0 atom stereocenters. The van der Waals surface area contributed by atoms with Crippen LogP contribution in [-0.2, 0) is 6.54 Å². The first kappa shape index (κ1) is 14.4. The number of aryl methyl sites for hydroxylation is 1. The monoisotopic (exact) mass is 298 g/mol. The molecule has 1 aliphatic rings. The Hall–Kier alpha value is -2.55. The summed E-state index contributed by atoms with van der Waals surface area (Å²) in [6.07, 6.45) is 6.86. The van der Waals surface area contributed by atoms with Gasteiger partial charge in [0.25, 0.3) is 5.91 Å². The minimum absolute atomic E-state index is 0.146. The Morgan fingerprint density at radius 2 is 2.32 bits per heavy atom. The number of hydrogen-bond acceptors (Lipinski definition) is 4. The van der Waals surface area contributed by atoms with E-state index in [1.54, 1.807) is 6.92 Å². The number of furan rings is 1. The van der Waals surface area contributed by atoms with Crippen molar-refractivity contribution in [2.45, 2.75) is 45.2 Å². The molecule has 0 radical (unpaired) electrons. The third kappa shape index (κ3) is 2.89. The third-order valence-corrected chi connectivity index (χ3v) is 4.07. The topological polar surface area (TPSA) is 83.9 Å². The fraction of sp³-hybridized carbons (Fsp3) is 0.438. The van der Waals surface area contributed by atoms with Crippen molar-refractivity contribution in [1.82, 2.24) is 15.1 Å². The summed E-state index contributed by atoms with van der Waals surface area (Å²) in [4.78, 5) is 12.1. The van der Waals surface area contributed by atoms with Gasteiger partial charge in [0.2, 0.25) is 5.76 Å². The normalized spacial score (nSPS) is 14.9. The Labute approximate surface area is 128 Å². The van der Waals surface area contributed by atoms with E-state index in [-0.39, 0.29) is 11.7 Å². The van der Waals surface area contributed by atoms with Gasteiger partial charge in [0, 0.05) is 12.3 Å². The molecule has 0 saturated heterocycles. The lowest BCUT2D eigenvalue weighted by Gasteiger charge is -2.08. The summed E-state index contributed by atoms with van der Waals surface area (Å²) in [5, 5.41) is 16.1. The Balaban J connectivity index is 1.61. The van der Waals surface area contributed by atoms with Crippen LogP contribution in [0.3, 0.4) is 0 Å². The molecular weight excluding hydrogens is 280 g/mol. The summed E-state index contributed by atoms with van der Waals surface area (Å²) in [5.74, 6) is 0.344. The van der Waals surface area contributed by atoms with Crippen LogP contribution in [0.25, 0.3) is 0 Å². The number of nitrogens with one attached hydrogen (secondary N) is 1. The van der Waals surface area contributed by atoms with Crippen molar-refractivity contribution < 1.29 is 9.21 Å². The number of amides is 1. The van der Waals surface area contributed by atoms with E-state index in [1.807, 2.05) is 23.0 Å². The van der Waals surface area contributed by atoms with E-state index in [0.717, 1.165) is 5.69 Å². The molecule has 1 amide bonds. The number of rotatable bonds is 4. The van der Waals surface area contributed by atoms with Gasteiger partial charge in [0.1, 0.15) is 11.8 Å². The van der Waals surface area contributed by atoms with Crippen molar-refractivity contribution in [3.05, 3.63) is 41.1 Å². The van der Waals surface area contributed by atoms with E-state index in [1.165, 1.54) is 31.7 Å². The minimum Gasteiger partial charge on any atom is -0.450 e. The molecule has 22 heavy (non-hydrogen) atoms. The van der Waals surface area contributed by atoms with Gasteiger partial charge in [-0.15, -0.1) is 0 Å². The molecule has 0 unspecified atom stereocenters.